The molecule has 20 heavy (non-hydrogen) atoms. The largest absolute Gasteiger partial charge is 0.478 e. The van der Waals surface area contributed by atoms with Gasteiger partial charge in [0.05, 0.1) is 29.5 Å². The van der Waals surface area contributed by atoms with Gasteiger partial charge in [0, 0.05) is 26.3 Å². The van der Waals surface area contributed by atoms with Crippen LogP contribution in [0.15, 0.2) is 12.4 Å². The Kier molecular flexibility index (Phi) is 2.84. The number of carbonyl (C=O) groups is 1. The van der Waals surface area contributed by atoms with E-state index in [0.29, 0.717) is 16.7 Å². The first-order valence-electron chi connectivity index (χ1n) is 6.14. The van der Waals surface area contributed by atoms with Gasteiger partial charge in [0.1, 0.15) is 5.56 Å². The molecule has 0 saturated carbocycles. The average Bonchev–Trinajstić information content (AvgIpc) is 2.93. The zero-order valence-corrected chi connectivity index (χ0v) is 10.8. The highest BCUT2D eigenvalue weighted by Gasteiger charge is 2.33. The lowest BCUT2D eigenvalue weighted by Crippen LogP contribution is -2.24. The molecule has 3 heterocycles. The van der Waals surface area contributed by atoms with E-state index in [0.717, 1.165) is 0 Å². The van der Waals surface area contributed by atoms with Gasteiger partial charge in [-0.3, -0.25) is 4.68 Å². The maximum atomic E-state index is 11.4. The number of carboxylic acids is 1. The number of hydrogen-bond donors (Lipinski definition) is 3. The van der Waals surface area contributed by atoms with Crippen molar-refractivity contribution in [1.82, 2.24) is 14.8 Å². The first kappa shape index (κ1) is 12.8. The number of nitrogens with zero attached hydrogens (tertiary/aromatic N) is 4. The van der Waals surface area contributed by atoms with Crippen LogP contribution in [0, 0.1) is 0 Å². The Morgan fingerprint density at radius 2 is 1.95 bits per heavy atom. The molecule has 0 aromatic carbocycles. The van der Waals surface area contributed by atoms with Crippen LogP contribution in [0.2, 0.25) is 0 Å². The number of β-amino-alcohol motifs (C(OH)–C–C–N with tert-alkyl or cyclic N) is 2. The van der Waals surface area contributed by atoms with Gasteiger partial charge in [-0.1, -0.05) is 0 Å². The molecular weight excluding hydrogens is 264 g/mol. The second-order valence-electron chi connectivity index (χ2n) is 4.87. The fourth-order valence-electron chi connectivity index (χ4n) is 2.53. The van der Waals surface area contributed by atoms with Crippen molar-refractivity contribution in [1.29, 1.82) is 0 Å². The molecule has 0 spiro atoms. The topological polar surface area (TPSA) is 112 Å². The number of fused-ring (bicyclic) bond motifs is 1. The summed E-state index contributed by atoms with van der Waals surface area (Å²) in [5.41, 5.74) is 1.03. The van der Waals surface area contributed by atoms with Crippen LogP contribution in [0.5, 0.6) is 0 Å². The van der Waals surface area contributed by atoms with Crippen LogP contribution in [0.25, 0.3) is 11.0 Å². The summed E-state index contributed by atoms with van der Waals surface area (Å²) >= 11 is 0. The van der Waals surface area contributed by atoms with Gasteiger partial charge >= 0.3 is 5.97 Å². The van der Waals surface area contributed by atoms with Crippen molar-refractivity contribution in [3.63, 3.8) is 0 Å². The van der Waals surface area contributed by atoms with E-state index in [1.54, 1.807) is 22.8 Å². The highest BCUT2D eigenvalue weighted by molar-refractivity contribution is 6.03. The summed E-state index contributed by atoms with van der Waals surface area (Å²) < 4.78 is 1.55. The number of aliphatic hydroxyl groups is 2. The van der Waals surface area contributed by atoms with Crippen molar-refractivity contribution in [2.45, 2.75) is 12.2 Å². The monoisotopic (exact) mass is 278 g/mol. The van der Waals surface area contributed by atoms with Gasteiger partial charge < -0.3 is 20.2 Å². The second kappa shape index (κ2) is 4.43. The maximum absolute atomic E-state index is 11.4. The van der Waals surface area contributed by atoms with Crippen molar-refractivity contribution in [3.05, 3.63) is 18.0 Å². The van der Waals surface area contributed by atoms with E-state index in [1.807, 2.05) is 0 Å². The lowest BCUT2D eigenvalue weighted by Gasteiger charge is -2.20. The zero-order valence-electron chi connectivity index (χ0n) is 10.8. The number of anilines is 1. The maximum Gasteiger partial charge on any atom is 0.339 e. The lowest BCUT2D eigenvalue weighted by atomic mass is 10.1. The minimum atomic E-state index is -1.10. The third kappa shape index (κ3) is 1.81. The van der Waals surface area contributed by atoms with Gasteiger partial charge in [0.2, 0.25) is 0 Å². The highest BCUT2D eigenvalue weighted by Crippen LogP contribution is 2.32. The summed E-state index contributed by atoms with van der Waals surface area (Å²) in [5, 5.41) is 33.3. The van der Waals surface area contributed by atoms with Crippen LogP contribution in [0.3, 0.4) is 0 Å². The number of aryl methyl sites for hydroxylation is 1. The SMILES string of the molecule is Cn1ncc2c(N3CC(O)C(O)C3)c(C(=O)O)cnc21. The number of aliphatic hydroxyl groups excluding tert-OH is 2. The van der Waals surface area contributed by atoms with E-state index in [-0.39, 0.29) is 18.7 Å². The van der Waals surface area contributed by atoms with E-state index < -0.39 is 18.2 Å². The molecule has 2 unspecified atom stereocenters. The Bertz CT molecular complexity index is 673. The molecule has 106 valence electrons. The van der Waals surface area contributed by atoms with E-state index in [1.165, 1.54) is 6.20 Å². The zero-order chi connectivity index (χ0) is 14.4. The minimum Gasteiger partial charge on any atom is -0.478 e. The second-order valence-corrected chi connectivity index (χ2v) is 4.87. The van der Waals surface area contributed by atoms with Crippen molar-refractivity contribution in [3.8, 4) is 0 Å². The van der Waals surface area contributed by atoms with Gasteiger partial charge in [-0.05, 0) is 0 Å². The predicted octanol–water partition coefficient (Wildman–Crippen LogP) is -0.792. The summed E-state index contributed by atoms with van der Waals surface area (Å²) in [6.45, 7) is 0.352. The predicted molar refractivity (Wildman–Crippen MR) is 69.7 cm³/mol. The van der Waals surface area contributed by atoms with Crippen molar-refractivity contribution >= 4 is 22.7 Å². The molecule has 2 atom stereocenters. The van der Waals surface area contributed by atoms with Gasteiger partial charge in [-0.15, -0.1) is 0 Å². The van der Waals surface area contributed by atoms with Crippen LogP contribution in [0.1, 0.15) is 10.4 Å². The first-order chi connectivity index (χ1) is 9.49. The highest BCUT2D eigenvalue weighted by atomic mass is 16.4. The molecule has 0 radical (unpaired) electrons. The molecule has 3 N–H and O–H groups in total. The third-order valence-electron chi connectivity index (χ3n) is 3.54. The summed E-state index contributed by atoms with van der Waals surface area (Å²) in [4.78, 5) is 17.1. The summed E-state index contributed by atoms with van der Waals surface area (Å²) in [6, 6.07) is 0. The van der Waals surface area contributed by atoms with Crippen LogP contribution in [-0.4, -0.2) is 61.4 Å². The summed E-state index contributed by atoms with van der Waals surface area (Å²) in [6.07, 6.45) is 1.04. The van der Waals surface area contributed by atoms with E-state index in [4.69, 9.17) is 0 Å². The molecule has 2 aromatic heterocycles. The molecule has 1 fully saturated rings. The molecule has 0 amide bonds. The molecule has 2 aromatic rings. The Morgan fingerprint density at radius 1 is 1.30 bits per heavy atom. The van der Waals surface area contributed by atoms with E-state index in [2.05, 4.69) is 10.1 Å². The third-order valence-corrected chi connectivity index (χ3v) is 3.54. The molecule has 0 bridgehead atoms. The van der Waals surface area contributed by atoms with Crippen molar-refractivity contribution in [2.75, 3.05) is 18.0 Å². The van der Waals surface area contributed by atoms with Gasteiger partial charge in [-0.25, -0.2) is 9.78 Å². The quantitative estimate of drug-likeness (QED) is 0.660. The lowest BCUT2D eigenvalue weighted by molar-refractivity contribution is 0.0572. The Morgan fingerprint density at radius 3 is 2.55 bits per heavy atom. The number of pyridine rings is 1. The molecule has 8 heteroatoms. The van der Waals surface area contributed by atoms with Crippen molar-refractivity contribution in [2.24, 2.45) is 7.05 Å². The number of carboxylic acid groups (broad SMARTS) is 1. The number of aromatic nitrogens is 3. The normalized spacial score (nSPS) is 22.6. The summed E-state index contributed by atoms with van der Waals surface area (Å²) in [5.74, 6) is -1.10. The molecular formula is C12H14N4O4. The van der Waals surface area contributed by atoms with Gasteiger partial charge in [0.15, 0.2) is 5.65 Å². The standard InChI is InChI=1S/C12H14N4O4/c1-15-11-6(3-14-15)10(7(2-13-11)12(19)20)16-4-8(17)9(18)5-16/h2-3,8-9,17-18H,4-5H2,1H3,(H,19,20). The van der Waals surface area contributed by atoms with Crippen LogP contribution < -0.4 is 4.90 Å². The molecule has 1 saturated heterocycles. The van der Waals surface area contributed by atoms with E-state index >= 15 is 0 Å². The smallest absolute Gasteiger partial charge is 0.339 e. The van der Waals surface area contributed by atoms with Crippen LogP contribution in [-0.2, 0) is 7.05 Å². The minimum absolute atomic E-state index is 0.0341. The fourth-order valence-corrected chi connectivity index (χ4v) is 2.53. The van der Waals surface area contributed by atoms with Crippen molar-refractivity contribution < 1.29 is 20.1 Å². The number of rotatable bonds is 2. The Labute approximate surface area is 113 Å². The fraction of sp³-hybridized carbons (Fsp3) is 0.417. The molecule has 8 nitrogen and oxygen atoms in total. The molecule has 1 aliphatic heterocycles. The Hall–Kier alpha value is -2.19. The van der Waals surface area contributed by atoms with Gasteiger partial charge in [-0.2, -0.15) is 5.10 Å². The Balaban J connectivity index is 2.20. The molecule has 0 aliphatic carbocycles. The number of hydrogen-bond acceptors (Lipinski definition) is 6. The first-order valence-corrected chi connectivity index (χ1v) is 6.14. The van der Waals surface area contributed by atoms with Crippen LogP contribution in [0.4, 0.5) is 5.69 Å². The molecule has 3 rings (SSSR count). The average molecular weight is 278 g/mol. The molecule has 1 aliphatic rings. The van der Waals surface area contributed by atoms with Crippen LogP contribution >= 0.6 is 0 Å². The van der Waals surface area contributed by atoms with E-state index in [9.17, 15) is 20.1 Å². The van der Waals surface area contributed by atoms with Gasteiger partial charge in [0.25, 0.3) is 0 Å². The number of aromatic carboxylic acids is 1. The summed E-state index contributed by atoms with van der Waals surface area (Å²) in [7, 11) is 1.72.